The number of carbonyl (C=O) groups excluding carboxylic acids is 1. The lowest BCUT2D eigenvalue weighted by Crippen LogP contribution is -2.32. The summed E-state index contributed by atoms with van der Waals surface area (Å²) in [6, 6.07) is 17.4. The van der Waals surface area contributed by atoms with Crippen LogP contribution in [-0.4, -0.2) is 32.2 Å². The average molecular weight is 562 g/mol. The number of aromatic amines is 1. The van der Waals surface area contributed by atoms with Crippen LogP contribution in [0.25, 0.3) is 22.0 Å². The molecular formula is C31H26F3N3O2S. The summed E-state index contributed by atoms with van der Waals surface area (Å²) in [4.78, 5) is 21.5. The molecule has 5 nitrogen and oxygen atoms in total. The van der Waals surface area contributed by atoms with E-state index >= 15 is 0 Å². The number of amides is 1. The number of nitrogens with one attached hydrogen (secondary N) is 2. The summed E-state index contributed by atoms with van der Waals surface area (Å²) in [5.74, 6) is 1.48. The Morgan fingerprint density at radius 3 is 2.42 bits per heavy atom. The normalized spacial score (nSPS) is 13.6. The lowest BCUT2D eigenvalue weighted by atomic mass is 9.95. The molecule has 0 fully saturated rings. The first-order valence-corrected chi connectivity index (χ1v) is 14.6. The number of benzene rings is 3. The molecule has 0 spiro atoms. The van der Waals surface area contributed by atoms with Gasteiger partial charge in [-0.1, -0.05) is 18.2 Å². The van der Waals surface area contributed by atoms with E-state index in [1.807, 2.05) is 6.07 Å². The van der Waals surface area contributed by atoms with E-state index in [2.05, 4.69) is 21.2 Å². The Kier molecular flexibility index (Phi) is 7.49. The summed E-state index contributed by atoms with van der Waals surface area (Å²) >= 11 is 0. The van der Waals surface area contributed by atoms with Gasteiger partial charge in [0.15, 0.2) is 0 Å². The Morgan fingerprint density at radius 1 is 1.00 bits per heavy atom. The summed E-state index contributed by atoms with van der Waals surface area (Å²) in [5, 5.41) is 3.57. The largest absolute Gasteiger partial charge is 0.361 e. The predicted molar refractivity (Wildman–Crippen MR) is 152 cm³/mol. The molecule has 0 radical (unpaired) electrons. The van der Waals surface area contributed by atoms with Crippen molar-refractivity contribution in [2.24, 2.45) is 0 Å². The van der Waals surface area contributed by atoms with Crippen molar-refractivity contribution in [3.05, 3.63) is 119 Å². The van der Waals surface area contributed by atoms with Crippen LogP contribution in [0.4, 0.5) is 13.2 Å². The van der Waals surface area contributed by atoms with Gasteiger partial charge >= 0.3 is 0 Å². The molecule has 0 bridgehead atoms. The molecule has 2 aromatic heterocycles. The van der Waals surface area contributed by atoms with Gasteiger partial charge in [0.1, 0.15) is 17.5 Å². The van der Waals surface area contributed by atoms with Crippen molar-refractivity contribution < 1.29 is 22.2 Å². The minimum atomic E-state index is -2.41. The second-order valence-electron chi connectivity index (χ2n) is 9.75. The molecule has 2 unspecified atom stereocenters. The quantitative estimate of drug-likeness (QED) is 0.229. The number of aromatic nitrogens is 2. The number of pyridine rings is 1. The van der Waals surface area contributed by atoms with E-state index in [1.54, 1.807) is 55.0 Å². The summed E-state index contributed by atoms with van der Waals surface area (Å²) in [7, 11) is -2.41. The van der Waals surface area contributed by atoms with Crippen molar-refractivity contribution in [2.75, 3.05) is 6.26 Å². The molecule has 0 aliphatic carbocycles. The SMILES string of the molecule is C=S(C)(=O)c1ccc(-c2cccnc2C(Cc2cc(F)cc(F)c2)NC(=O)Cc2c[nH]c3ccc(F)cc23)cc1. The van der Waals surface area contributed by atoms with E-state index in [0.717, 1.165) is 11.6 Å². The van der Waals surface area contributed by atoms with Gasteiger partial charge in [-0.15, -0.1) is 0 Å². The van der Waals surface area contributed by atoms with Gasteiger partial charge in [-0.3, -0.25) is 14.0 Å². The highest BCUT2D eigenvalue weighted by Gasteiger charge is 2.22. The number of H-pyrrole nitrogens is 1. The number of fused-ring (bicyclic) bond motifs is 1. The van der Waals surface area contributed by atoms with Crippen LogP contribution in [0.2, 0.25) is 0 Å². The summed E-state index contributed by atoms with van der Waals surface area (Å²) < 4.78 is 54.3. The van der Waals surface area contributed by atoms with Crippen LogP contribution in [0.1, 0.15) is 22.9 Å². The monoisotopic (exact) mass is 561 g/mol. The molecule has 2 atom stereocenters. The number of rotatable bonds is 8. The average Bonchev–Trinajstić information content (AvgIpc) is 3.28. The number of hydrogen-bond acceptors (Lipinski definition) is 3. The summed E-state index contributed by atoms with van der Waals surface area (Å²) in [5.41, 5.74) is 3.58. The first-order valence-electron chi connectivity index (χ1n) is 12.4. The van der Waals surface area contributed by atoms with E-state index in [-0.39, 0.29) is 18.7 Å². The third-order valence-electron chi connectivity index (χ3n) is 6.61. The van der Waals surface area contributed by atoms with Crippen molar-refractivity contribution in [1.29, 1.82) is 0 Å². The molecule has 2 heterocycles. The standard InChI is InChI=1S/C31H26F3N3O2S/c1-40(2,39)25-8-5-20(6-9-25)26-4-3-11-35-31(26)29(14-19-12-23(33)16-24(34)13-19)37-30(38)15-21-18-36-28-10-7-22(32)17-27(21)28/h3-13,16-18,29,36H,1,14-15H2,2H3,(H,37,38). The fraction of sp³-hybridized carbons (Fsp3) is 0.129. The molecule has 9 heteroatoms. The fourth-order valence-electron chi connectivity index (χ4n) is 4.76. The second kappa shape index (κ2) is 11.0. The zero-order chi connectivity index (χ0) is 28.4. The third kappa shape index (κ3) is 6.10. The van der Waals surface area contributed by atoms with E-state index in [0.29, 0.717) is 38.2 Å². The molecule has 0 saturated carbocycles. The molecule has 0 saturated heterocycles. The number of carbonyl (C=O) groups is 1. The summed E-state index contributed by atoms with van der Waals surface area (Å²) in [6.07, 6.45) is 4.80. The Bertz CT molecular complexity index is 1800. The van der Waals surface area contributed by atoms with Crippen molar-refractivity contribution in [3.63, 3.8) is 0 Å². The molecule has 40 heavy (non-hydrogen) atoms. The zero-order valence-electron chi connectivity index (χ0n) is 21.6. The zero-order valence-corrected chi connectivity index (χ0v) is 22.4. The van der Waals surface area contributed by atoms with Crippen LogP contribution in [0.5, 0.6) is 0 Å². The van der Waals surface area contributed by atoms with Crippen molar-refractivity contribution in [2.45, 2.75) is 23.8 Å². The van der Waals surface area contributed by atoms with Gasteiger partial charge in [0.25, 0.3) is 0 Å². The van der Waals surface area contributed by atoms with Crippen molar-refractivity contribution >= 4 is 32.2 Å². The van der Waals surface area contributed by atoms with Gasteiger partial charge in [-0.2, -0.15) is 0 Å². The third-order valence-corrected chi connectivity index (χ3v) is 7.88. The van der Waals surface area contributed by atoms with Crippen molar-refractivity contribution in [1.82, 2.24) is 15.3 Å². The number of nitrogens with zero attached hydrogens (tertiary/aromatic N) is 1. The Balaban J connectivity index is 1.51. The molecule has 5 aromatic rings. The fourth-order valence-corrected chi connectivity index (χ4v) is 5.47. The minimum Gasteiger partial charge on any atom is -0.361 e. The van der Waals surface area contributed by atoms with Gasteiger partial charge in [-0.05, 0) is 87.0 Å². The van der Waals surface area contributed by atoms with E-state index < -0.39 is 33.0 Å². The maximum absolute atomic E-state index is 14.0. The molecule has 5 rings (SSSR count). The minimum absolute atomic E-state index is 0.0529. The number of halogens is 3. The highest BCUT2D eigenvalue weighted by molar-refractivity contribution is 7.99. The van der Waals surface area contributed by atoms with Crippen LogP contribution < -0.4 is 5.32 Å². The topological polar surface area (TPSA) is 74.8 Å². The van der Waals surface area contributed by atoms with Gasteiger partial charge in [-0.25, -0.2) is 13.2 Å². The van der Waals surface area contributed by atoms with E-state index in [4.69, 9.17) is 0 Å². The smallest absolute Gasteiger partial charge is 0.225 e. The van der Waals surface area contributed by atoms with Crippen molar-refractivity contribution in [3.8, 4) is 11.1 Å². The molecule has 0 aliphatic rings. The van der Waals surface area contributed by atoms with Gasteiger partial charge in [0.05, 0.1) is 18.2 Å². The molecule has 3 aromatic carbocycles. The van der Waals surface area contributed by atoms with E-state index in [1.165, 1.54) is 24.3 Å². The van der Waals surface area contributed by atoms with Gasteiger partial charge < -0.3 is 10.3 Å². The Labute approximate surface area is 230 Å². The first kappa shape index (κ1) is 27.2. The molecule has 0 aliphatic heterocycles. The maximum Gasteiger partial charge on any atom is 0.225 e. The van der Waals surface area contributed by atoms with Crippen LogP contribution in [0.15, 0.2) is 90.1 Å². The first-order chi connectivity index (χ1) is 19.1. The lowest BCUT2D eigenvalue weighted by Gasteiger charge is -2.22. The molecular weight excluding hydrogens is 535 g/mol. The van der Waals surface area contributed by atoms with Gasteiger partial charge in [0.2, 0.25) is 5.91 Å². The molecule has 1 amide bonds. The Hall–Kier alpha value is -4.37. The van der Waals surface area contributed by atoms with Gasteiger partial charge in [0, 0.05) is 46.1 Å². The molecule has 2 N–H and O–H groups in total. The highest BCUT2D eigenvalue weighted by atomic mass is 32.2. The van der Waals surface area contributed by atoms with Crippen LogP contribution in [-0.2, 0) is 27.2 Å². The maximum atomic E-state index is 14.0. The lowest BCUT2D eigenvalue weighted by molar-refractivity contribution is -0.121. The molecule has 204 valence electrons. The summed E-state index contributed by atoms with van der Waals surface area (Å²) in [6.45, 7) is 0. The van der Waals surface area contributed by atoms with Crippen LogP contribution in [0, 0.1) is 17.5 Å². The predicted octanol–water partition coefficient (Wildman–Crippen LogP) is 6.00. The van der Waals surface area contributed by atoms with Crippen LogP contribution >= 0.6 is 0 Å². The van der Waals surface area contributed by atoms with E-state index in [9.17, 15) is 22.2 Å². The van der Waals surface area contributed by atoms with Crippen LogP contribution in [0.3, 0.4) is 0 Å². The Morgan fingerprint density at radius 2 is 1.73 bits per heavy atom. The number of hydrogen-bond donors (Lipinski definition) is 2. The highest BCUT2D eigenvalue weighted by Crippen LogP contribution is 2.30. The second-order valence-corrected chi connectivity index (χ2v) is 12.2.